The van der Waals surface area contributed by atoms with Gasteiger partial charge in [-0.15, -0.1) is 11.8 Å². The average molecular weight is 353 g/mol. The molecular formula is C19H15NO4S. The van der Waals surface area contributed by atoms with Crippen molar-refractivity contribution >= 4 is 34.2 Å². The molecule has 0 aromatic heterocycles. The van der Waals surface area contributed by atoms with Crippen LogP contribution in [0.5, 0.6) is 0 Å². The van der Waals surface area contributed by atoms with Crippen molar-refractivity contribution < 1.29 is 14.5 Å². The summed E-state index contributed by atoms with van der Waals surface area (Å²) >= 11 is 1.38. The van der Waals surface area contributed by atoms with Crippen molar-refractivity contribution in [1.82, 2.24) is 0 Å². The highest BCUT2D eigenvalue weighted by atomic mass is 32.2. The van der Waals surface area contributed by atoms with Crippen LogP contribution in [0, 0.1) is 10.1 Å². The van der Waals surface area contributed by atoms with Crippen LogP contribution in [0.2, 0.25) is 0 Å². The molecule has 0 N–H and O–H groups in total. The highest BCUT2D eigenvalue weighted by Gasteiger charge is 2.14. The van der Waals surface area contributed by atoms with Gasteiger partial charge in [-0.1, -0.05) is 42.5 Å². The highest BCUT2D eigenvalue weighted by Crippen LogP contribution is 2.24. The molecule has 0 aliphatic rings. The first-order valence-electron chi connectivity index (χ1n) is 7.63. The summed E-state index contributed by atoms with van der Waals surface area (Å²) in [5.41, 5.74) is 0.342. The van der Waals surface area contributed by atoms with Crippen LogP contribution in [0.1, 0.15) is 5.56 Å². The lowest BCUT2D eigenvalue weighted by molar-refractivity contribution is -0.385. The van der Waals surface area contributed by atoms with Gasteiger partial charge in [0.25, 0.3) is 5.69 Å². The van der Waals surface area contributed by atoms with Gasteiger partial charge in [-0.25, -0.2) is 0 Å². The number of esters is 1. The second kappa shape index (κ2) is 7.81. The van der Waals surface area contributed by atoms with Crippen molar-refractivity contribution in [2.45, 2.75) is 11.5 Å². The number of rotatable bonds is 6. The Kier molecular flexibility index (Phi) is 5.30. The summed E-state index contributed by atoms with van der Waals surface area (Å²) in [5, 5.41) is 13.2. The molecule has 0 heterocycles. The molecule has 25 heavy (non-hydrogen) atoms. The number of carbonyl (C=O) groups is 1. The Hall–Kier alpha value is -2.86. The van der Waals surface area contributed by atoms with E-state index < -0.39 is 10.9 Å². The minimum absolute atomic E-state index is 0.0440. The third-order valence-corrected chi connectivity index (χ3v) is 4.62. The number of hydrogen-bond donors (Lipinski definition) is 0. The Morgan fingerprint density at radius 2 is 1.72 bits per heavy atom. The normalized spacial score (nSPS) is 10.6. The molecule has 0 spiro atoms. The van der Waals surface area contributed by atoms with Crippen molar-refractivity contribution in [2.75, 3.05) is 5.75 Å². The molecule has 3 aromatic rings. The first-order valence-corrected chi connectivity index (χ1v) is 8.61. The molecule has 0 unspecified atom stereocenters. The Labute approximate surface area is 148 Å². The number of nitro groups is 1. The third kappa shape index (κ3) is 4.36. The molecular weight excluding hydrogens is 338 g/mol. The lowest BCUT2D eigenvalue weighted by Gasteiger charge is -2.06. The fourth-order valence-electron chi connectivity index (χ4n) is 2.41. The van der Waals surface area contributed by atoms with Gasteiger partial charge < -0.3 is 4.74 Å². The van der Waals surface area contributed by atoms with Crippen LogP contribution in [-0.4, -0.2) is 16.6 Å². The van der Waals surface area contributed by atoms with E-state index in [0.29, 0.717) is 5.56 Å². The summed E-state index contributed by atoms with van der Waals surface area (Å²) in [6, 6.07) is 20.2. The Balaban J connectivity index is 1.57. The predicted octanol–water partition coefficient (Wildman–Crippen LogP) is 4.58. The summed E-state index contributed by atoms with van der Waals surface area (Å²) in [5.74, 6) is -0.254. The molecule has 0 aliphatic carbocycles. The second-order valence-corrected chi connectivity index (χ2v) is 6.39. The number of ether oxygens (including phenoxy) is 1. The molecule has 3 aromatic carbocycles. The number of nitrogens with zero attached hydrogens (tertiary/aromatic N) is 1. The highest BCUT2D eigenvalue weighted by molar-refractivity contribution is 8.00. The molecule has 3 rings (SSSR count). The summed E-state index contributed by atoms with van der Waals surface area (Å²) in [7, 11) is 0. The smallest absolute Gasteiger partial charge is 0.316 e. The van der Waals surface area contributed by atoms with E-state index in [1.54, 1.807) is 18.2 Å². The lowest BCUT2D eigenvalue weighted by Crippen LogP contribution is -2.08. The number of carbonyl (C=O) groups excluding carboxylic acids is 1. The maximum absolute atomic E-state index is 11.9. The molecule has 0 saturated carbocycles. The van der Waals surface area contributed by atoms with Gasteiger partial charge in [0.2, 0.25) is 0 Å². The van der Waals surface area contributed by atoms with E-state index in [9.17, 15) is 14.9 Å². The monoisotopic (exact) mass is 353 g/mol. The number of thioether (sulfide) groups is 1. The van der Waals surface area contributed by atoms with Gasteiger partial charge >= 0.3 is 5.97 Å². The molecule has 6 heteroatoms. The molecule has 126 valence electrons. The summed E-state index contributed by atoms with van der Waals surface area (Å²) in [4.78, 5) is 23.4. The number of para-hydroxylation sites is 1. The first-order chi connectivity index (χ1) is 12.1. The van der Waals surface area contributed by atoms with Crippen LogP contribution in [-0.2, 0) is 16.1 Å². The Morgan fingerprint density at radius 1 is 1.00 bits per heavy atom. The van der Waals surface area contributed by atoms with Gasteiger partial charge in [-0.05, 0) is 29.0 Å². The minimum Gasteiger partial charge on any atom is -0.460 e. The number of fused-ring (bicyclic) bond motifs is 1. The SMILES string of the molecule is O=C(CSc1ccc2ccccc2c1)OCc1ccccc1[N+](=O)[O-]. The van der Waals surface area contributed by atoms with E-state index in [2.05, 4.69) is 0 Å². The van der Waals surface area contributed by atoms with E-state index in [4.69, 9.17) is 4.74 Å². The fraction of sp³-hybridized carbons (Fsp3) is 0.105. The van der Waals surface area contributed by atoms with E-state index >= 15 is 0 Å². The second-order valence-electron chi connectivity index (χ2n) is 5.34. The van der Waals surface area contributed by atoms with E-state index in [1.807, 2.05) is 42.5 Å². The molecule has 0 atom stereocenters. The topological polar surface area (TPSA) is 69.4 Å². The number of benzene rings is 3. The minimum atomic E-state index is -0.479. The summed E-state index contributed by atoms with van der Waals surface area (Å²) < 4.78 is 5.16. The van der Waals surface area contributed by atoms with Crippen LogP contribution >= 0.6 is 11.8 Å². The van der Waals surface area contributed by atoms with Crippen LogP contribution in [0.3, 0.4) is 0 Å². The maximum atomic E-state index is 11.9. The Morgan fingerprint density at radius 3 is 2.52 bits per heavy atom. The largest absolute Gasteiger partial charge is 0.460 e. The molecule has 0 bridgehead atoms. The van der Waals surface area contributed by atoms with Gasteiger partial charge in [-0.2, -0.15) is 0 Å². The van der Waals surface area contributed by atoms with Gasteiger partial charge in [0.1, 0.15) is 6.61 Å². The fourth-order valence-corrected chi connectivity index (χ4v) is 3.15. The predicted molar refractivity (Wildman–Crippen MR) is 97.6 cm³/mol. The lowest BCUT2D eigenvalue weighted by atomic mass is 10.1. The van der Waals surface area contributed by atoms with Gasteiger partial charge in [-0.3, -0.25) is 14.9 Å². The van der Waals surface area contributed by atoms with E-state index in [1.165, 1.54) is 17.8 Å². The number of nitro benzene ring substituents is 1. The quantitative estimate of drug-likeness (QED) is 0.281. The molecule has 0 radical (unpaired) electrons. The van der Waals surface area contributed by atoms with Crippen LogP contribution in [0.4, 0.5) is 5.69 Å². The standard InChI is InChI=1S/C19H15NO4S/c21-19(24-12-16-7-3-4-8-18(16)20(22)23)13-25-17-10-9-14-5-1-2-6-15(14)11-17/h1-11H,12-13H2. The molecule has 0 amide bonds. The zero-order valence-electron chi connectivity index (χ0n) is 13.3. The molecule has 0 aliphatic heterocycles. The van der Waals surface area contributed by atoms with Crippen molar-refractivity contribution in [3.8, 4) is 0 Å². The summed E-state index contributed by atoms with van der Waals surface area (Å²) in [6.45, 7) is -0.103. The maximum Gasteiger partial charge on any atom is 0.316 e. The molecule has 0 fully saturated rings. The van der Waals surface area contributed by atoms with Gasteiger partial charge in [0.05, 0.1) is 16.2 Å². The average Bonchev–Trinajstić information content (AvgIpc) is 2.64. The van der Waals surface area contributed by atoms with Gasteiger partial charge in [0.15, 0.2) is 0 Å². The third-order valence-electron chi connectivity index (χ3n) is 3.65. The van der Waals surface area contributed by atoms with E-state index in [-0.39, 0.29) is 18.0 Å². The van der Waals surface area contributed by atoms with Gasteiger partial charge in [0, 0.05) is 11.0 Å². The van der Waals surface area contributed by atoms with Crippen LogP contribution < -0.4 is 0 Å². The zero-order valence-corrected chi connectivity index (χ0v) is 14.1. The summed E-state index contributed by atoms with van der Waals surface area (Å²) in [6.07, 6.45) is 0. The van der Waals surface area contributed by atoms with Crippen molar-refractivity contribution in [3.63, 3.8) is 0 Å². The first kappa shape index (κ1) is 17.0. The van der Waals surface area contributed by atoms with Crippen LogP contribution in [0.25, 0.3) is 10.8 Å². The molecule has 0 saturated heterocycles. The van der Waals surface area contributed by atoms with Crippen molar-refractivity contribution in [1.29, 1.82) is 0 Å². The Bertz CT molecular complexity index is 926. The van der Waals surface area contributed by atoms with E-state index in [0.717, 1.165) is 15.7 Å². The number of hydrogen-bond acceptors (Lipinski definition) is 5. The van der Waals surface area contributed by atoms with Crippen LogP contribution in [0.15, 0.2) is 71.6 Å². The van der Waals surface area contributed by atoms with Crippen molar-refractivity contribution in [2.24, 2.45) is 0 Å². The zero-order chi connectivity index (χ0) is 17.6. The molecule has 5 nitrogen and oxygen atoms in total. The van der Waals surface area contributed by atoms with Crippen molar-refractivity contribution in [3.05, 3.63) is 82.4 Å².